The molecule has 0 spiro atoms. The van der Waals surface area contributed by atoms with Crippen molar-refractivity contribution >= 4 is 5.97 Å². The van der Waals surface area contributed by atoms with Crippen LogP contribution in [0.3, 0.4) is 0 Å². The molecule has 0 radical (unpaired) electrons. The van der Waals surface area contributed by atoms with Crippen molar-refractivity contribution in [1.29, 1.82) is 0 Å². The van der Waals surface area contributed by atoms with Crippen molar-refractivity contribution in [3.05, 3.63) is 35.4 Å². The van der Waals surface area contributed by atoms with Crippen LogP contribution in [0.4, 0.5) is 8.78 Å². The van der Waals surface area contributed by atoms with E-state index in [2.05, 4.69) is 5.32 Å². The Hall–Kier alpha value is -1.53. The fourth-order valence-electron chi connectivity index (χ4n) is 2.75. The molecule has 1 atom stereocenters. The quantitative estimate of drug-likeness (QED) is 0.841. The molecule has 116 valence electrons. The predicted molar refractivity (Wildman–Crippen MR) is 74.9 cm³/mol. The molecular formula is C15H20F2N2O2. The number of carboxylic acid groups (broad SMARTS) is 1. The van der Waals surface area contributed by atoms with Crippen LogP contribution in [0.25, 0.3) is 0 Å². The highest BCUT2D eigenvalue weighted by Crippen LogP contribution is 2.20. The maximum atomic E-state index is 13.6. The number of carboxylic acids is 1. The standard InChI is InChI=1S/C15H20F2N2O2/c16-13-4-1-5-14(17)12(13)10-19-6-2-3-11(9-19)7-18-8-15(20)21/h1,4-5,11,18H,2-3,6-10H2,(H,20,21). The third-order valence-electron chi connectivity index (χ3n) is 3.76. The Kier molecular flexibility index (Phi) is 5.64. The van der Waals surface area contributed by atoms with Gasteiger partial charge in [-0.3, -0.25) is 9.69 Å². The van der Waals surface area contributed by atoms with Crippen LogP contribution in [0.5, 0.6) is 0 Å². The van der Waals surface area contributed by atoms with Crippen LogP contribution in [0.2, 0.25) is 0 Å². The molecule has 0 amide bonds. The molecule has 0 aliphatic carbocycles. The van der Waals surface area contributed by atoms with Crippen LogP contribution < -0.4 is 5.32 Å². The highest BCUT2D eigenvalue weighted by molar-refractivity contribution is 5.68. The molecule has 6 heteroatoms. The van der Waals surface area contributed by atoms with E-state index in [1.54, 1.807) is 0 Å². The van der Waals surface area contributed by atoms with Gasteiger partial charge in [0.05, 0.1) is 6.54 Å². The minimum Gasteiger partial charge on any atom is -0.480 e. The summed E-state index contributed by atoms with van der Waals surface area (Å²) >= 11 is 0. The molecule has 2 N–H and O–H groups in total. The van der Waals surface area contributed by atoms with Crippen LogP contribution in [0, 0.1) is 17.6 Å². The van der Waals surface area contributed by atoms with Crippen molar-refractivity contribution in [3.63, 3.8) is 0 Å². The van der Waals surface area contributed by atoms with Crippen LogP contribution in [0.1, 0.15) is 18.4 Å². The van der Waals surface area contributed by atoms with Gasteiger partial charge in [0.25, 0.3) is 0 Å². The second kappa shape index (κ2) is 7.47. The topological polar surface area (TPSA) is 52.6 Å². The minimum atomic E-state index is -0.879. The van der Waals surface area contributed by atoms with E-state index in [-0.39, 0.29) is 18.7 Å². The zero-order chi connectivity index (χ0) is 15.2. The molecule has 0 aromatic heterocycles. The largest absolute Gasteiger partial charge is 0.480 e. The molecule has 1 aromatic rings. The summed E-state index contributed by atoms with van der Waals surface area (Å²) in [5, 5.41) is 11.5. The number of halogens is 2. The number of nitrogens with one attached hydrogen (secondary N) is 1. The molecule has 1 saturated heterocycles. The van der Waals surface area contributed by atoms with Gasteiger partial charge in [0.2, 0.25) is 0 Å². The van der Waals surface area contributed by atoms with Crippen molar-refractivity contribution in [1.82, 2.24) is 10.2 Å². The van der Waals surface area contributed by atoms with Crippen molar-refractivity contribution in [2.24, 2.45) is 5.92 Å². The smallest absolute Gasteiger partial charge is 0.317 e. The summed E-state index contributed by atoms with van der Waals surface area (Å²) in [5.74, 6) is -1.59. The molecule has 1 aliphatic heterocycles. The van der Waals surface area contributed by atoms with Crippen LogP contribution in [0.15, 0.2) is 18.2 Å². The number of piperidine rings is 1. The summed E-state index contributed by atoms with van der Waals surface area (Å²) in [6.07, 6.45) is 1.96. The van der Waals surface area contributed by atoms with E-state index < -0.39 is 17.6 Å². The SMILES string of the molecule is O=C(O)CNCC1CCCN(Cc2c(F)cccc2F)C1. The molecule has 1 heterocycles. The van der Waals surface area contributed by atoms with Crippen molar-refractivity contribution < 1.29 is 18.7 Å². The molecule has 1 unspecified atom stereocenters. The summed E-state index contributed by atoms with van der Waals surface area (Å²) in [5.41, 5.74) is 0.108. The highest BCUT2D eigenvalue weighted by Gasteiger charge is 2.21. The predicted octanol–water partition coefficient (Wildman–Crippen LogP) is 1.85. The number of rotatable bonds is 6. The van der Waals surface area contributed by atoms with Crippen LogP contribution >= 0.6 is 0 Å². The molecule has 0 saturated carbocycles. The Morgan fingerprint density at radius 1 is 1.38 bits per heavy atom. The van der Waals surface area contributed by atoms with Crippen LogP contribution in [-0.4, -0.2) is 42.2 Å². The van der Waals surface area contributed by atoms with Gasteiger partial charge in [-0.2, -0.15) is 0 Å². The monoisotopic (exact) mass is 298 g/mol. The van der Waals surface area contributed by atoms with Crippen LogP contribution in [-0.2, 0) is 11.3 Å². The van der Waals surface area contributed by atoms with E-state index in [4.69, 9.17) is 5.11 Å². The lowest BCUT2D eigenvalue weighted by molar-refractivity contribution is -0.136. The van der Waals surface area contributed by atoms with E-state index >= 15 is 0 Å². The summed E-state index contributed by atoms with van der Waals surface area (Å²) < 4.78 is 27.3. The number of hydrogen-bond acceptors (Lipinski definition) is 3. The lowest BCUT2D eigenvalue weighted by Crippen LogP contribution is -2.40. The number of carbonyl (C=O) groups is 1. The minimum absolute atomic E-state index is 0.0571. The lowest BCUT2D eigenvalue weighted by atomic mass is 9.97. The number of nitrogens with zero attached hydrogens (tertiary/aromatic N) is 1. The van der Waals surface area contributed by atoms with Gasteiger partial charge in [-0.1, -0.05) is 6.07 Å². The highest BCUT2D eigenvalue weighted by atomic mass is 19.1. The van der Waals surface area contributed by atoms with Crippen molar-refractivity contribution in [2.75, 3.05) is 26.2 Å². The number of aliphatic carboxylic acids is 1. The molecule has 4 nitrogen and oxygen atoms in total. The van der Waals surface area contributed by atoms with Gasteiger partial charge in [-0.05, 0) is 44.0 Å². The van der Waals surface area contributed by atoms with Gasteiger partial charge in [0.1, 0.15) is 11.6 Å². The van der Waals surface area contributed by atoms with Crippen molar-refractivity contribution in [3.8, 4) is 0 Å². The fraction of sp³-hybridized carbons (Fsp3) is 0.533. The van der Waals surface area contributed by atoms with Gasteiger partial charge in [-0.25, -0.2) is 8.78 Å². The third-order valence-corrected chi connectivity index (χ3v) is 3.76. The molecule has 0 bridgehead atoms. The Morgan fingerprint density at radius 2 is 2.10 bits per heavy atom. The summed E-state index contributed by atoms with van der Waals surface area (Å²) in [4.78, 5) is 12.5. The lowest BCUT2D eigenvalue weighted by Gasteiger charge is -2.33. The number of benzene rings is 1. The Balaban J connectivity index is 1.88. The Morgan fingerprint density at radius 3 is 2.76 bits per heavy atom. The zero-order valence-electron chi connectivity index (χ0n) is 11.8. The normalized spacial score (nSPS) is 19.6. The molecule has 1 aromatic carbocycles. The molecule has 1 fully saturated rings. The first-order valence-corrected chi connectivity index (χ1v) is 7.14. The molecule has 1 aliphatic rings. The first kappa shape index (κ1) is 15.9. The Labute approximate surface area is 122 Å². The number of likely N-dealkylation sites (tertiary alicyclic amines) is 1. The molecular weight excluding hydrogens is 278 g/mol. The van der Waals surface area contributed by atoms with Gasteiger partial charge < -0.3 is 10.4 Å². The first-order valence-electron chi connectivity index (χ1n) is 7.14. The maximum absolute atomic E-state index is 13.6. The van der Waals surface area contributed by atoms with E-state index in [9.17, 15) is 13.6 Å². The zero-order valence-corrected chi connectivity index (χ0v) is 11.8. The van der Waals surface area contributed by atoms with Gasteiger partial charge >= 0.3 is 5.97 Å². The summed E-state index contributed by atoms with van der Waals surface area (Å²) in [6.45, 7) is 2.35. The van der Waals surface area contributed by atoms with Crippen molar-refractivity contribution in [2.45, 2.75) is 19.4 Å². The van der Waals surface area contributed by atoms with Gasteiger partial charge in [0.15, 0.2) is 0 Å². The van der Waals surface area contributed by atoms with Gasteiger partial charge in [-0.15, -0.1) is 0 Å². The fourth-order valence-corrected chi connectivity index (χ4v) is 2.75. The first-order chi connectivity index (χ1) is 10.1. The summed E-state index contributed by atoms with van der Waals surface area (Å²) in [7, 11) is 0. The average Bonchev–Trinajstić information content (AvgIpc) is 2.43. The second-order valence-electron chi connectivity index (χ2n) is 5.47. The third kappa shape index (κ3) is 4.75. The van der Waals surface area contributed by atoms with E-state index in [1.807, 2.05) is 4.90 Å². The molecule has 2 rings (SSSR count). The Bertz CT molecular complexity index is 476. The molecule has 21 heavy (non-hydrogen) atoms. The number of hydrogen-bond donors (Lipinski definition) is 2. The van der Waals surface area contributed by atoms with Gasteiger partial charge in [0, 0.05) is 18.7 Å². The van der Waals surface area contributed by atoms with E-state index in [0.717, 1.165) is 25.9 Å². The second-order valence-corrected chi connectivity index (χ2v) is 5.47. The average molecular weight is 298 g/mol. The van der Waals surface area contributed by atoms with E-state index in [0.29, 0.717) is 12.5 Å². The summed E-state index contributed by atoms with van der Waals surface area (Å²) in [6, 6.07) is 3.91. The maximum Gasteiger partial charge on any atom is 0.317 e. The van der Waals surface area contributed by atoms with E-state index in [1.165, 1.54) is 18.2 Å².